The average Bonchev–Trinajstić information content (AvgIpc) is 2.80. The summed E-state index contributed by atoms with van der Waals surface area (Å²) in [5.41, 5.74) is 1.90. The second kappa shape index (κ2) is 13.0. The molecule has 2 aromatic carbocycles. The van der Waals surface area contributed by atoms with E-state index in [1.807, 2.05) is 18.2 Å². The first-order chi connectivity index (χ1) is 15.1. The van der Waals surface area contributed by atoms with Gasteiger partial charge in [-0.3, -0.25) is 0 Å². The minimum Gasteiger partial charge on any atom is -0.493 e. The van der Waals surface area contributed by atoms with Crippen LogP contribution >= 0.6 is 0 Å². The van der Waals surface area contributed by atoms with Gasteiger partial charge in [0.15, 0.2) is 11.5 Å². The summed E-state index contributed by atoms with van der Waals surface area (Å²) in [6.07, 6.45) is 6.60. The van der Waals surface area contributed by atoms with E-state index in [4.69, 9.17) is 9.47 Å². The van der Waals surface area contributed by atoms with Gasteiger partial charge >= 0.3 is 0 Å². The third-order valence-electron chi connectivity index (χ3n) is 6.17. The maximum atomic E-state index is 10.1. The van der Waals surface area contributed by atoms with Gasteiger partial charge in [0.25, 0.3) is 0 Å². The van der Waals surface area contributed by atoms with E-state index < -0.39 is 5.41 Å². The molecule has 0 amide bonds. The van der Waals surface area contributed by atoms with E-state index >= 15 is 0 Å². The Morgan fingerprint density at radius 1 is 0.903 bits per heavy atom. The lowest BCUT2D eigenvalue weighted by molar-refractivity contribution is 0.341. The van der Waals surface area contributed by atoms with Crippen LogP contribution in [0.2, 0.25) is 0 Å². The van der Waals surface area contributed by atoms with Crippen LogP contribution in [0.4, 0.5) is 0 Å². The molecule has 0 aliphatic carbocycles. The normalized spacial score (nSPS) is 12.9. The molecule has 0 heterocycles. The minimum atomic E-state index is -0.531. The van der Waals surface area contributed by atoms with Gasteiger partial charge in [-0.1, -0.05) is 56.7 Å². The van der Waals surface area contributed by atoms with Gasteiger partial charge in [0, 0.05) is 0 Å². The summed E-state index contributed by atoms with van der Waals surface area (Å²) in [6, 6.07) is 19.2. The highest BCUT2D eigenvalue weighted by Gasteiger charge is 2.36. The zero-order chi connectivity index (χ0) is 22.5. The molecule has 4 heteroatoms. The van der Waals surface area contributed by atoms with Gasteiger partial charge in [-0.05, 0) is 74.4 Å². The molecule has 1 N–H and O–H groups in total. The van der Waals surface area contributed by atoms with Gasteiger partial charge in [0.2, 0.25) is 0 Å². The first-order valence-corrected chi connectivity index (χ1v) is 11.5. The van der Waals surface area contributed by atoms with Crippen LogP contribution in [-0.4, -0.2) is 27.3 Å². The maximum absolute atomic E-state index is 10.1. The van der Waals surface area contributed by atoms with Crippen LogP contribution in [0.3, 0.4) is 0 Å². The molecule has 2 rings (SSSR count). The largest absolute Gasteiger partial charge is 0.493 e. The molecule has 1 unspecified atom stereocenters. The molecule has 1 atom stereocenters. The van der Waals surface area contributed by atoms with Crippen LogP contribution in [0.25, 0.3) is 0 Å². The summed E-state index contributed by atoms with van der Waals surface area (Å²) in [6.45, 7) is 6.22. The molecule has 168 valence electrons. The van der Waals surface area contributed by atoms with Crippen molar-refractivity contribution in [3.8, 4) is 17.6 Å². The summed E-state index contributed by atoms with van der Waals surface area (Å²) in [5, 5.41) is 13.7. The molecule has 0 fully saturated rings. The molecule has 2 aromatic rings. The predicted octanol–water partition coefficient (Wildman–Crippen LogP) is 5.90. The van der Waals surface area contributed by atoms with Crippen molar-refractivity contribution in [1.29, 1.82) is 5.26 Å². The number of benzene rings is 2. The Balaban J connectivity index is 1.78. The third kappa shape index (κ3) is 7.01. The van der Waals surface area contributed by atoms with Crippen molar-refractivity contribution in [1.82, 2.24) is 5.32 Å². The quantitative estimate of drug-likeness (QED) is 0.385. The number of hydrogen-bond donors (Lipinski definition) is 1. The van der Waals surface area contributed by atoms with E-state index in [1.54, 1.807) is 14.2 Å². The number of rotatable bonds is 14. The monoisotopic (exact) mass is 422 g/mol. The van der Waals surface area contributed by atoms with Crippen molar-refractivity contribution < 1.29 is 9.47 Å². The van der Waals surface area contributed by atoms with Crippen LogP contribution in [0.5, 0.6) is 11.5 Å². The van der Waals surface area contributed by atoms with Crippen LogP contribution in [0.1, 0.15) is 57.1 Å². The van der Waals surface area contributed by atoms with Crippen LogP contribution in [-0.2, 0) is 11.8 Å². The Morgan fingerprint density at radius 3 is 2.26 bits per heavy atom. The topological polar surface area (TPSA) is 54.3 Å². The number of unbranched alkanes of at least 4 members (excludes halogenated alkanes) is 2. The zero-order valence-corrected chi connectivity index (χ0v) is 19.6. The fraction of sp³-hybridized carbons (Fsp3) is 0.519. The van der Waals surface area contributed by atoms with E-state index in [2.05, 4.69) is 55.6 Å². The smallest absolute Gasteiger partial charge is 0.161 e. The van der Waals surface area contributed by atoms with E-state index in [-0.39, 0.29) is 5.92 Å². The summed E-state index contributed by atoms with van der Waals surface area (Å²) in [5.74, 6) is 1.57. The molecule has 0 bridgehead atoms. The Kier molecular flexibility index (Phi) is 10.4. The lowest BCUT2D eigenvalue weighted by atomic mass is 9.70. The van der Waals surface area contributed by atoms with Crippen LogP contribution in [0.15, 0.2) is 48.5 Å². The number of nitrogens with zero attached hydrogens (tertiary/aromatic N) is 1. The second-order valence-corrected chi connectivity index (χ2v) is 8.46. The van der Waals surface area contributed by atoms with Crippen molar-refractivity contribution in [3.05, 3.63) is 59.7 Å². The van der Waals surface area contributed by atoms with E-state index in [0.29, 0.717) is 11.5 Å². The fourth-order valence-electron chi connectivity index (χ4n) is 4.15. The van der Waals surface area contributed by atoms with Gasteiger partial charge < -0.3 is 14.8 Å². The Bertz CT molecular complexity index is 814. The highest BCUT2D eigenvalue weighted by Crippen LogP contribution is 2.40. The SMILES string of the molecule is COc1ccc(C(C#N)(CCCNCCCCCc2ccccc2)C(C)C)cc1OC. The number of hydrogen-bond acceptors (Lipinski definition) is 4. The lowest BCUT2D eigenvalue weighted by Crippen LogP contribution is -2.32. The van der Waals surface area contributed by atoms with E-state index in [9.17, 15) is 5.26 Å². The third-order valence-corrected chi connectivity index (χ3v) is 6.17. The molecular weight excluding hydrogens is 384 g/mol. The number of ether oxygens (including phenoxy) is 2. The van der Waals surface area contributed by atoms with Crippen LogP contribution in [0, 0.1) is 17.2 Å². The van der Waals surface area contributed by atoms with Gasteiger partial charge in [0.1, 0.15) is 0 Å². The number of nitriles is 1. The minimum absolute atomic E-state index is 0.202. The second-order valence-electron chi connectivity index (χ2n) is 8.46. The maximum Gasteiger partial charge on any atom is 0.161 e. The van der Waals surface area contributed by atoms with Gasteiger partial charge in [0.05, 0.1) is 25.7 Å². The highest BCUT2D eigenvalue weighted by molar-refractivity contribution is 5.47. The number of aryl methyl sites for hydroxylation is 1. The highest BCUT2D eigenvalue weighted by atomic mass is 16.5. The molecule has 0 radical (unpaired) electrons. The molecule has 31 heavy (non-hydrogen) atoms. The number of nitrogens with one attached hydrogen (secondary N) is 1. The Labute approximate surface area is 188 Å². The zero-order valence-electron chi connectivity index (χ0n) is 19.6. The lowest BCUT2D eigenvalue weighted by Gasteiger charge is -2.32. The number of methoxy groups -OCH3 is 2. The average molecular weight is 423 g/mol. The van der Waals surface area contributed by atoms with Gasteiger partial charge in [-0.2, -0.15) is 5.26 Å². The van der Waals surface area contributed by atoms with Crippen molar-refractivity contribution in [3.63, 3.8) is 0 Å². The van der Waals surface area contributed by atoms with Gasteiger partial charge in [-0.15, -0.1) is 0 Å². The summed E-state index contributed by atoms with van der Waals surface area (Å²) >= 11 is 0. The van der Waals surface area contributed by atoms with Gasteiger partial charge in [-0.25, -0.2) is 0 Å². The summed E-state index contributed by atoms with van der Waals surface area (Å²) in [4.78, 5) is 0. The van der Waals surface area contributed by atoms with E-state index in [0.717, 1.165) is 37.9 Å². The molecule has 0 aliphatic heterocycles. The predicted molar refractivity (Wildman–Crippen MR) is 128 cm³/mol. The van der Waals surface area contributed by atoms with Crippen molar-refractivity contribution in [2.45, 2.75) is 57.8 Å². The van der Waals surface area contributed by atoms with Crippen molar-refractivity contribution in [2.24, 2.45) is 5.92 Å². The molecule has 4 nitrogen and oxygen atoms in total. The first-order valence-electron chi connectivity index (χ1n) is 11.5. The molecule has 0 aliphatic rings. The molecular formula is C27H38N2O2. The Hall–Kier alpha value is -2.51. The molecule has 0 saturated heterocycles. The first kappa shape index (κ1) is 24.8. The summed E-state index contributed by atoms with van der Waals surface area (Å²) in [7, 11) is 3.26. The van der Waals surface area contributed by atoms with E-state index in [1.165, 1.54) is 24.8 Å². The Morgan fingerprint density at radius 2 is 1.61 bits per heavy atom. The molecule has 0 spiro atoms. The molecule has 0 aromatic heterocycles. The summed E-state index contributed by atoms with van der Waals surface area (Å²) < 4.78 is 10.8. The van der Waals surface area contributed by atoms with Crippen LogP contribution < -0.4 is 14.8 Å². The molecule has 0 saturated carbocycles. The van der Waals surface area contributed by atoms with Crippen molar-refractivity contribution >= 4 is 0 Å². The fourth-order valence-corrected chi connectivity index (χ4v) is 4.15. The standard InChI is InChI=1S/C27H38N2O2/c1-22(2)27(21-28,24-15-16-25(30-3)26(20-24)31-4)17-11-19-29-18-10-6-9-14-23-12-7-5-8-13-23/h5,7-8,12-13,15-16,20,22,29H,6,9-11,14,17-19H2,1-4H3. The van der Waals surface area contributed by atoms with Crippen molar-refractivity contribution in [2.75, 3.05) is 27.3 Å².